The molecule has 3 nitrogen and oxygen atoms in total. The van der Waals surface area contributed by atoms with Crippen LogP contribution in [0.3, 0.4) is 0 Å². The van der Waals surface area contributed by atoms with Crippen molar-refractivity contribution in [2.45, 2.75) is 20.1 Å². The van der Waals surface area contributed by atoms with Gasteiger partial charge in [-0.05, 0) is 52.2 Å². The lowest BCUT2D eigenvalue weighted by Gasteiger charge is -2.09. The molecule has 1 aromatic heterocycles. The van der Waals surface area contributed by atoms with E-state index in [1.807, 2.05) is 37.5 Å². The number of ether oxygens (including phenoxy) is 1. The van der Waals surface area contributed by atoms with E-state index in [9.17, 15) is 0 Å². The van der Waals surface area contributed by atoms with Crippen molar-refractivity contribution in [3.63, 3.8) is 0 Å². The van der Waals surface area contributed by atoms with Crippen LogP contribution in [-0.4, -0.2) is 4.98 Å². The minimum absolute atomic E-state index is 0.509. The maximum atomic E-state index is 5.75. The molecule has 18 heavy (non-hydrogen) atoms. The van der Waals surface area contributed by atoms with E-state index < -0.39 is 0 Å². The molecule has 4 heteroatoms. The third kappa shape index (κ3) is 3.31. The van der Waals surface area contributed by atoms with Gasteiger partial charge in [-0.1, -0.05) is 6.07 Å². The van der Waals surface area contributed by atoms with Crippen molar-refractivity contribution >= 4 is 15.9 Å². The van der Waals surface area contributed by atoms with E-state index in [4.69, 9.17) is 10.5 Å². The Morgan fingerprint density at radius 2 is 2.06 bits per heavy atom. The molecule has 0 atom stereocenters. The van der Waals surface area contributed by atoms with Gasteiger partial charge in [-0.15, -0.1) is 0 Å². The van der Waals surface area contributed by atoms with Gasteiger partial charge in [0.2, 0.25) is 0 Å². The maximum Gasteiger partial charge on any atom is 0.134 e. The Morgan fingerprint density at radius 3 is 2.72 bits per heavy atom. The van der Waals surface area contributed by atoms with Crippen molar-refractivity contribution in [3.05, 3.63) is 57.8 Å². The molecule has 94 valence electrons. The zero-order valence-electron chi connectivity index (χ0n) is 10.2. The molecule has 0 bridgehead atoms. The minimum atomic E-state index is 0.509. The van der Waals surface area contributed by atoms with Crippen LogP contribution < -0.4 is 10.5 Å². The fourth-order valence-electron chi connectivity index (χ4n) is 1.65. The lowest BCUT2D eigenvalue weighted by atomic mass is 10.2. The smallest absolute Gasteiger partial charge is 0.134 e. The highest BCUT2D eigenvalue weighted by atomic mass is 79.9. The molecule has 2 aromatic rings. The number of nitrogens with zero attached hydrogens (tertiary/aromatic N) is 1. The number of aryl methyl sites for hydroxylation is 1. The number of halogens is 1. The summed E-state index contributed by atoms with van der Waals surface area (Å²) in [4.78, 5) is 4.14. The topological polar surface area (TPSA) is 48.1 Å². The molecular formula is C14H15BrN2O. The Bertz CT molecular complexity index is 543. The Balaban J connectivity index is 2.06. The highest BCUT2D eigenvalue weighted by Gasteiger charge is 2.03. The second kappa shape index (κ2) is 5.98. The summed E-state index contributed by atoms with van der Waals surface area (Å²) in [7, 11) is 0. The molecule has 0 aliphatic carbocycles. The van der Waals surface area contributed by atoms with Gasteiger partial charge < -0.3 is 10.5 Å². The second-order valence-electron chi connectivity index (χ2n) is 4.13. The number of rotatable bonds is 4. The van der Waals surface area contributed by atoms with Crippen LogP contribution in [-0.2, 0) is 13.2 Å². The van der Waals surface area contributed by atoms with E-state index >= 15 is 0 Å². The number of hydrogen-bond donors (Lipinski definition) is 1. The van der Waals surface area contributed by atoms with Gasteiger partial charge in [0, 0.05) is 24.5 Å². The summed E-state index contributed by atoms with van der Waals surface area (Å²) in [6.45, 7) is 3.05. The van der Waals surface area contributed by atoms with Gasteiger partial charge in [0.1, 0.15) is 12.4 Å². The molecule has 2 N–H and O–H groups in total. The fraction of sp³-hybridized carbons (Fsp3) is 0.214. The van der Waals surface area contributed by atoms with Crippen LogP contribution >= 0.6 is 15.9 Å². The first kappa shape index (κ1) is 13.1. The third-order valence-electron chi connectivity index (χ3n) is 2.56. The molecule has 1 aromatic carbocycles. The highest BCUT2D eigenvalue weighted by Crippen LogP contribution is 2.26. The fourth-order valence-corrected chi connectivity index (χ4v) is 2.19. The van der Waals surface area contributed by atoms with Gasteiger partial charge in [0.15, 0.2) is 0 Å². The molecule has 0 spiro atoms. The summed E-state index contributed by atoms with van der Waals surface area (Å²) in [5, 5.41) is 0. The summed E-state index contributed by atoms with van der Waals surface area (Å²) in [6, 6.07) is 7.93. The summed E-state index contributed by atoms with van der Waals surface area (Å²) in [6.07, 6.45) is 3.64. The van der Waals surface area contributed by atoms with Gasteiger partial charge >= 0.3 is 0 Å². The summed E-state index contributed by atoms with van der Waals surface area (Å²) < 4.78 is 6.67. The predicted molar refractivity (Wildman–Crippen MR) is 75.3 cm³/mol. The molecule has 0 saturated heterocycles. The Morgan fingerprint density at radius 1 is 1.22 bits per heavy atom. The van der Waals surface area contributed by atoms with Crippen molar-refractivity contribution < 1.29 is 4.74 Å². The van der Waals surface area contributed by atoms with E-state index in [0.29, 0.717) is 13.2 Å². The average molecular weight is 307 g/mol. The van der Waals surface area contributed by atoms with Crippen molar-refractivity contribution in [2.24, 2.45) is 5.73 Å². The first-order valence-electron chi connectivity index (χ1n) is 5.71. The van der Waals surface area contributed by atoms with Crippen LogP contribution in [0, 0.1) is 6.92 Å². The van der Waals surface area contributed by atoms with Gasteiger partial charge in [0.25, 0.3) is 0 Å². The molecule has 0 amide bonds. The van der Waals surface area contributed by atoms with Crippen molar-refractivity contribution in [2.75, 3.05) is 0 Å². The first-order chi connectivity index (χ1) is 8.69. The van der Waals surface area contributed by atoms with Gasteiger partial charge in [-0.2, -0.15) is 0 Å². The molecular weight excluding hydrogens is 292 g/mol. The van der Waals surface area contributed by atoms with Crippen LogP contribution in [0.15, 0.2) is 41.1 Å². The molecule has 0 unspecified atom stereocenters. The molecule has 0 fully saturated rings. The zero-order valence-corrected chi connectivity index (χ0v) is 11.8. The van der Waals surface area contributed by atoms with Gasteiger partial charge in [0.05, 0.1) is 4.47 Å². The Hall–Kier alpha value is -1.39. The Labute approximate surface area is 115 Å². The number of benzene rings is 1. The second-order valence-corrected chi connectivity index (χ2v) is 4.98. The van der Waals surface area contributed by atoms with Crippen LogP contribution in [0.25, 0.3) is 0 Å². The quantitative estimate of drug-likeness (QED) is 0.943. The standard InChI is InChI=1S/C14H15BrN2O/c1-10-4-12(8-17-7-10)9-18-14-3-2-11(6-16)5-13(14)15/h2-5,7-8H,6,9,16H2,1H3. The van der Waals surface area contributed by atoms with Gasteiger partial charge in [-0.25, -0.2) is 0 Å². The van der Waals surface area contributed by atoms with Crippen LogP contribution in [0.1, 0.15) is 16.7 Å². The molecule has 2 rings (SSSR count). The summed E-state index contributed by atoms with van der Waals surface area (Å²) in [5.74, 6) is 0.814. The molecule has 1 heterocycles. The van der Waals surface area contributed by atoms with E-state index in [-0.39, 0.29) is 0 Å². The summed E-state index contributed by atoms with van der Waals surface area (Å²) in [5.41, 5.74) is 8.85. The number of nitrogens with two attached hydrogens (primary N) is 1. The third-order valence-corrected chi connectivity index (χ3v) is 3.18. The van der Waals surface area contributed by atoms with Crippen LogP contribution in [0.5, 0.6) is 5.75 Å². The van der Waals surface area contributed by atoms with E-state index in [1.54, 1.807) is 0 Å². The molecule has 0 saturated carbocycles. The van der Waals surface area contributed by atoms with Crippen LogP contribution in [0.2, 0.25) is 0 Å². The number of aromatic nitrogens is 1. The number of hydrogen-bond acceptors (Lipinski definition) is 3. The summed E-state index contributed by atoms with van der Waals surface area (Å²) >= 11 is 3.48. The molecule has 0 aliphatic heterocycles. The van der Waals surface area contributed by atoms with E-state index in [1.165, 1.54) is 0 Å². The normalized spacial score (nSPS) is 10.4. The van der Waals surface area contributed by atoms with Crippen molar-refractivity contribution in [1.82, 2.24) is 4.98 Å². The molecule has 0 aliphatic rings. The first-order valence-corrected chi connectivity index (χ1v) is 6.50. The predicted octanol–water partition coefficient (Wildman–Crippen LogP) is 3.19. The van der Waals surface area contributed by atoms with E-state index in [2.05, 4.69) is 27.0 Å². The number of pyridine rings is 1. The van der Waals surface area contributed by atoms with Gasteiger partial charge in [-0.3, -0.25) is 4.98 Å². The van der Waals surface area contributed by atoms with E-state index in [0.717, 1.165) is 26.9 Å². The Kier molecular flexibility index (Phi) is 4.33. The van der Waals surface area contributed by atoms with Crippen molar-refractivity contribution in [3.8, 4) is 5.75 Å². The highest BCUT2D eigenvalue weighted by molar-refractivity contribution is 9.10. The lowest BCUT2D eigenvalue weighted by molar-refractivity contribution is 0.303. The zero-order chi connectivity index (χ0) is 13.0. The minimum Gasteiger partial charge on any atom is -0.488 e. The van der Waals surface area contributed by atoms with Crippen LogP contribution in [0.4, 0.5) is 0 Å². The van der Waals surface area contributed by atoms with Crippen molar-refractivity contribution in [1.29, 1.82) is 0 Å². The maximum absolute atomic E-state index is 5.75. The SMILES string of the molecule is Cc1cncc(COc2ccc(CN)cc2Br)c1. The monoisotopic (exact) mass is 306 g/mol. The largest absolute Gasteiger partial charge is 0.488 e. The molecule has 0 radical (unpaired) electrons. The average Bonchev–Trinajstić information content (AvgIpc) is 2.37. The lowest BCUT2D eigenvalue weighted by Crippen LogP contribution is -1.99.